The molecule has 0 fully saturated rings. The minimum absolute atomic E-state index is 0.0492. The number of amides is 3. The number of rotatable bonds is 12. The van der Waals surface area contributed by atoms with Gasteiger partial charge in [-0.15, -0.1) is 23.1 Å². The highest BCUT2D eigenvalue weighted by Gasteiger charge is 2.27. The van der Waals surface area contributed by atoms with Crippen LogP contribution in [0.25, 0.3) is 17.2 Å². The van der Waals surface area contributed by atoms with Gasteiger partial charge in [-0.3, -0.25) is 14.4 Å². The second-order valence-electron chi connectivity index (χ2n) is 12.0. The molecule has 1 atom stereocenters. The molecule has 0 aliphatic carbocycles. The van der Waals surface area contributed by atoms with E-state index < -0.39 is 23.0 Å². The lowest BCUT2D eigenvalue weighted by atomic mass is 10.0. The third kappa shape index (κ3) is 9.61. The van der Waals surface area contributed by atoms with Crippen LogP contribution in [0.3, 0.4) is 0 Å². The lowest BCUT2D eigenvalue weighted by molar-refractivity contribution is -0.116. The van der Waals surface area contributed by atoms with E-state index in [-0.39, 0.29) is 17.2 Å². The van der Waals surface area contributed by atoms with E-state index in [1.54, 1.807) is 48.5 Å². The summed E-state index contributed by atoms with van der Waals surface area (Å²) in [5, 5.41) is 10.2. The fraction of sp³-hybridized carbons (Fsp3) is 0.0698. The van der Waals surface area contributed by atoms with Gasteiger partial charge in [-0.05, 0) is 72.2 Å². The van der Waals surface area contributed by atoms with Crippen LogP contribution in [0.2, 0.25) is 0 Å². The second-order valence-corrected chi connectivity index (χ2v) is 15.0. The first-order valence-electron chi connectivity index (χ1n) is 16.7. The molecule has 0 bridgehead atoms. The molecule has 6 rings (SSSR count). The zero-order chi connectivity index (χ0) is 38.0. The van der Waals surface area contributed by atoms with Crippen molar-refractivity contribution < 1.29 is 23.9 Å². The number of ether oxygens (including phenoxy) is 1. The molecule has 0 aliphatic rings. The second kappa shape index (κ2) is 17.8. The molecule has 0 saturated carbocycles. The summed E-state index contributed by atoms with van der Waals surface area (Å²) in [6.07, 6.45) is 1.61. The number of thiophene rings is 1. The van der Waals surface area contributed by atoms with E-state index >= 15 is 0 Å². The first-order valence-corrected chi connectivity index (χ1v) is 19.3. The largest absolute Gasteiger partial charge is 0.465 e. The fourth-order valence-corrected chi connectivity index (χ4v) is 7.74. The molecule has 11 heteroatoms. The van der Waals surface area contributed by atoms with Crippen LogP contribution in [0.1, 0.15) is 42.7 Å². The van der Waals surface area contributed by atoms with Crippen molar-refractivity contribution in [1.29, 1.82) is 0 Å². The van der Waals surface area contributed by atoms with Crippen LogP contribution < -0.4 is 16.0 Å². The van der Waals surface area contributed by atoms with Gasteiger partial charge in [-0.2, -0.15) is 0 Å². The standard InChI is InChI=1S/C43H34BrN3O5S2/c1-27-16-20-29(21-17-27)35-26-53-42(37(35)43(51)52-2)47-41(50)38(30-10-5-3-6-11-30)54-34-15-9-14-33(25-34)45-40(49)36(24-28-18-22-32(44)23-19-28)46-39(48)31-12-7-4-8-13-31/h3-26,38H,1-2H3,(H,45,49)(H,46,48)(H,47,50)/b36-24-. The molecule has 0 spiro atoms. The normalized spacial score (nSPS) is 11.6. The summed E-state index contributed by atoms with van der Waals surface area (Å²) in [7, 11) is 1.32. The molecule has 3 amide bonds. The van der Waals surface area contributed by atoms with Crippen LogP contribution in [0, 0.1) is 6.92 Å². The van der Waals surface area contributed by atoms with Gasteiger partial charge in [-0.25, -0.2) is 4.79 Å². The summed E-state index contributed by atoms with van der Waals surface area (Å²) in [6, 6.07) is 40.2. The number of halogens is 1. The quantitative estimate of drug-likeness (QED) is 0.0644. The number of esters is 1. The Bertz CT molecular complexity index is 2310. The molecule has 0 aliphatic heterocycles. The number of anilines is 2. The fourth-order valence-electron chi connectivity index (χ4n) is 5.43. The number of benzene rings is 5. The molecular formula is C43H34BrN3O5S2. The van der Waals surface area contributed by atoms with Crippen LogP contribution in [0.4, 0.5) is 10.7 Å². The number of hydrogen-bond acceptors (Lipinski definition) is 7. The van der Waals surface area contributed by atoms with E-state index in [0.717, 1.165) is 21.2 Å². The van der Waals surface area contributed by atoms with Crippen LogP contribution in [0.15, 0.2) is 154 Å². The van der Waals surface area contributed by atoms with Crippen LogP contribution >= 0.6 is 39.0 Å². The SMILES string of the molecule is COC(=O)c1c(-c2ccc(C)cc2)csc1NC(=O)C(Sc1cccc(NC(=O)/C(=C/c2ccc(Br)cc2)NC(=O)c2ccccc2)c1)c1ccccc1. The van der Waals surface area contributed by atoms with Crippen LogP contribution in [0.5, 0.6) is 0 Å². The molecule has 1 aromatic heterocycles. The number of nitrogens with one attached hydrogen (secondary N) is 3. The summed E-state index contributed by atoms with van der Waals surface area (Å²) in [6.45, 7) is 1.99. The number of aryl methyl sites for hydroxylation is 1. The zero-order valence-corrected chi connectivity index (χ0v) is 32.4. The van der Waals surface area contributed by atoms with Crippen molar-refractivity contribution in [2.24, 2.45) is 0 Å². The van der Waals surface area contributed by atoms with E-state index in [1.165, 1.54) is 30.2 Å². The highest BCUT2D eigenvalue weighted by Crippen LogP contribution is 2.40. The van der Waals surface area contributed by atoms with Gasteiger partial charge in [0.15, 0.2) is 0 Å². The highest BCUT2D eigenvalue weighted by atomic mass is 79.9. The van der Waals surface area contributed by atoms with Crippen LogP contribution in [-0.4, -0.2) is 30.8 Å². The Morgan fingerprint density at radius 3 is 2.17 bits per heavy atom. The topological polar surface area (TPSA) is 114 Å². The van der Waals surface area contributed by atoms with E-state index in [4.69, 9.17) is 4.74 Å². The first kappa shape index (κ1) is 38.0. The van der Waals surface area contributed by atoms with Crippen molar-refractivity contribution in [1.82, 2.24) is 5.32 Å². The zero-order valence-electron chi connectivity index (χ0n) is 29.2. The molecule has 3 N–H and O–H groups in total. The van der Waals surface area contributed by atoms with Crippen molar-refractivity contribution in [3.8, 4) is 11.1 Å². The van der Waals surface area contributed by atoms with E-state index in [9.17, 15) is 19.2 Å². The molecule has 270 valence electrons. The van der Waals surface area contributed by atoms with Gasteiger partial charge in [0.2, 0.25) is 5.91 Å². The molecule has 1 unspecified atom stereocenters. The summed E-state index contributed by atoms with van der Waals surface area (Å²) in [5.41, 5.74) is 5.24. The number of hydrogen-bond donors (Lipinski definition) is 3. The maximum absolute atomic E-state index is 14.1. The van der Waals surface area contributed by atoms with E-state index in [1.807, 2.05) is 103 Å². The minimum Gasteiger partial charge on any atom is -0.465 e. The third-order valence-electron chi connectivity index (χ3n) is 8.18. The highest BCUT2D eigenvalue weighted by molar-refractivity contribution is 9.10. The minimum atomic E-state index is -0.731. The predicted molar refractivity (Wildman–Crippen MR) is 221 cm³/mol. The van der Waals surface area contributed by atoms with Gasteiger partial charge in [0.25, 0.3) is 11.8 Å². The first-order chi connectivity index (χ1) is 26.2. The molecule has 0 radical (unpaired) electrons. The van der Waals surface area contributed by atoms with Gasteiger partial charge >= 0.3 is 5.97 Å². The molecule has 5 aromatic carbocycles. The lowest BCUT2D eigenvalue weighted by Crippen LogP contribution is -2.30. The van der Waals surface area contributed by atoms with Crippen molar-refractivity contribution in [2.45, 2.75) is 17.1 Å². The number of carbonyl (C=O) groups excluding carboxylic acids is 4. The van der Waals surface area contributed by atoms with Gasteiger partial charge in [0.05, 0.1) is 7.11 Å². The Labute approximate surface area is 329 Å². The van der Waals surface area contributed by atoms with E-state index in [0.29, 0.717) is 32.3 Å². The van der Waals surface area contributed by atoms with Gasteiger partial charge < -0.3 is 20.7 Å². The van der Waals surface area contributed by atoms with Gasteiger partial charge in [0, 0.05) is 31.6 Å². The Morgan fingerprint density at radius 1 is 0.796 bits per heavy atom. The summed E-state index contributed by atoms with van der Waals surface area (Å²) in [4.78, 5) is 54.7. The lowest BCUT2D eigenvalue weighted by Gasteiger charge is -2.18. The number of thioether (sulfide) groups is 1. The van der Waals surface area contributed by atoms with Crippen molar-refractivity contribution in [3.63, 3.8) is 0 Å². The van der Waals surface area contributed by atoms with Crippen LogP contribution in [-0.2, 0) is 14.3 Å². The maximum atomic E-state index is 14.1. The number of carbonyl (C=O) groups is 4. The molecule has 54 heavy (non-hydrogen) atoms. The molecule has 1 heterocycles. The van der Waals surface area contributed by atoms with Gasteiger partial charge in [0.1, 0.15) is 21.5 Å². The summed E-state index contributed by atoms with van der Waals surface area (Å²) >= 11 is 5.97. The smallest absolute Gasteiger partial charge is 0.341 e. The monoisotopic (exact) mass is 815 g/mol. The summed E-state index contributed by atoms with van der Waals surface area (Å²) < 4.78 is 6.01. The molecule has 8 nitrogen and oxygen atoms in total. The van der Waals surface area contributed by atoms with Crippen molar-refractivity contribution in [2.75, 3.05) is 17.7 Å². The average Bonchev–Trinajstić information content (AvgIpc) is 3.61. The van der Waals surface area contributed by atoms with Crippen molar-refractivity contribution >= 4 is 79.5 Å². The molecule has 0 saturated heterocycles. The Kier molecular flexibility index (Phi) is 12.6. The number of methoxy groups -OCH3 is 1. The Hall–Kier alpha value is -5.75. The Morgan fingerprint density at radius 2 is 1.48 bits per heavy atom. The average molecular weight is 817 g/mol. The summed E-state index contributed by atoms with van der Waals surface area (Å²) in [5.74, 6) is -1.85. The van der Waals surface area contributed by atoms with E-state index in [2.05, 4.69) is 31.9 Å². The maximum Gasteiger partial charge on any atom is 0.341 e. The molecule has 6 aromatic rings. The third-order valence-corrected chi connectivity index (χ3v) is 10.8. The predicted octanol–water partition coefficient (Wildman–Crippen LogP) is 10.2. The molecular weight excluding hydrogens is 783 g/mol. The van der Waals surface area contributed by atoms with Crippen molar-refractivity contribution in [3.05, 3.63) is 177 Å². The van der Waals surface area contributed by atoms with Gasteiger partial charge in [-0.1, -0.05) is 112 Å². The Balaban J connectivity index is 1.25.